The minimum atomic E-state index is -0.0512. The molecule has 2 rings (SSSR count). The van der Waals surface area contributed by atoms with Crippen molar-refractivity contribution < 1.29 is 10.2 Å². The fourth-order valence-electron chi connectivity index (χ4n) is 3.09. The van der Waals surface area contributed by atoms with Crippen LogP contribution in [-0.4, -0.2) is 10.2 Å². The maximum Gasteiger partial charge on any atom is 0.119 e. The summed E-state index contributed by atoms with van der Waals surface area (Å²) >= 11 is 0. The van der Waals surface area contributed by atoms with Crippen LogP contribution in [0, 0.1) is 0 Å². The molecule has 0 spiro atoms. The number of hydrogen-bond acceptors (Lipinski definition) is 2. The molecule has 0 saturated carbocycles. The van der Waals surface area contributed by atoms with E-state index in [-0.39, 0.29) is 10.8 Å². The topological polar surface area (TPSA) is 40.5 Å². The van der Waals surface area contributed by atoms with Crippen molar-refractivity contribution >= 4 is 0 Å². The van der Waals surface area contributed by atoms with Crippen LogP contribution in [0.3, 0.4) is 0 Å². The molecule has 0 aliphatic carbocycles. The predicted octanol–water partition coefficient (Wildman–Crippen LogP) is 6.06. The lowest BCUT2D eigenvalue weighted by atomic mass is 9.79. The number of aromatic hydroxyl groups is 2. The minimum absolute atomic E-state index is 0.0512. The van der Waals surface area contributed by atoms with Gasteiger partial charge in [0.15, 0.2) is 0 Å². The standard InChI is InChI=1S/C23H32O2/c1-7-22(3,4)18-14-16(9-11-20(18)24)13-17-10-12-21(25)19(15-17)23(5,6)8-2/h9-12,14-15,24-25H,7-8,13H2,1-6H3. The molecular formula is C23H32O2. The largest absolute Gasteiger partial charge is 0.508 e. The van der Waals surface area contributed by atoms with Crippen molar-refractivity contribution in [2.75, 3.05) is 0 Å². The quantitative estimate of drug-likeness (QED) is 0.670. The lowest BCUT2D eigenvalue weighted by molar-refractivity contribution is 0.428. The first-order valence-electron chi connectivity index (χ1n) is 9.25. The molecule has 0 bridgehead atoms. The molecular weight excluding hydrogens is 308 g/mol. The molecule has 0 saturated heterocycles. The van der Waals surface area contributed by atoms with E-state index in [0.29, 0.717) is 11.5 Å². The Morgan fingerprint density at radius 1 is 0.680 bits per heavy atom. The van der Waals surface area contributed by atoms with Crippen LogP contribution >= 0.6 is 0 Å². The van der Waals surface area contributed by atoms with E-state index in [0.717, 1.165) is 30.4 Å². The molecule has 0 unspecified atom stereocenters. The van der Waals surface area contributed by atoms with E-state index in [4.69, 9.17) is 0 Å². The van der Waals surface area contributed by atoms with Gasteiger partial charge < -0.3 is 10.2 Å². The molecule has 0 radical (unpaired) electrons. The number of phenolic OH excluding ortho intramolecular Hbond substituents is 2. The Hall–Kier alpha value is -1.96. The molecule has 2 N–H and O–H groups in total. The van der Waals surface area contributed by atoms with Crippen molar-refractivity contribution in [3.63, 3.8) is 0 Å². The van der Waals surface area contributed by atoms with Crippen LogP contribution in [0.25, 0.3) is 0 Å². The monoisotopic (exact) mass is 340 g/mol. The van der Waals surface area contributed by atoms with E-state index in [1.807, 2.05) is 12.1 Å². The molecule has 2 nitrogen and oxygen atoms in total. The van der Waals surface area contributed by atoms with Crippen molar-refractivity contribution in [3.05, 3.63) is 58.7 Å². The number of phenols is 2. The second-order valence-electron chi connectivity index (χ2n) is 8.35. The van der Waals surface area contributed by atoms with E-state index in [1.54, 1.807) is 12.1 Å². The van der Waals surface area contributed by atoms with Crippen molar-refractivity contribution in [1.29, 1.82) is 0 Å². The number of rotatable bonds is 6. The molecule has 2 aromatic carbocycles. The molecule has 136 valence electrons. The fourth-order valence-corrected chi connectivity index (χ4v) is 3.09. The molecule has 0 atom stereocenters. The molecule has 0 fully saturated rings. The molecule has 0 aliphatic rings. The Labute approximate surface area is 152 Å². The van der Waals surface area contributed by atoms with Gasteiger partial charge in [0.2, 0.25) is 0 Å². The Bertz CT molecular complexity index is 678. The molecule has 2 heteroatoms. The first-order chi connectivity index (χ1) is 11.6. The summed E-state index contributed by atoms with van der Waals surface area (Å²) in [7, 11) is 0. The van der Waals surface area contributed by atoms with Gasteiger partial charge in [-0.2, -0.15) is 0 Å². The molecule has 2 aromatic rings. The second-order valence-corrected chi connectivity index (χ2v) is 8.35. The normalized spacial score (nSPS) is 12.4. The predicted molar refractivity (Wildman–Crippen MR) is 106 cm³/mol. The zero-order valence-corrected chi connectivity index (χ0v) is 16.5. The third-order valence-electron chi connectivity index (χ3n) is 5.76. The highest BCUT2D eigenvalue weighted by Gasteiger charge is 2.23. The van der Waals surface area contributed by atoms with Gasteiger partial charge >= 0.3 is 0 Å². The molecule has 0 heterocycles. The minimum Gasteiger partial charge on any atom is -0.508 e. The van der Waals surface area contributed by atoms with Gasteiger partial charge in [0.1, 0.15) is 11.5 Å². The Morgan fingerprint density at radius 3 is 1.36 bits per heavy atom. The van der Waals surface area contributed by atoms with Gasteiger partial charge in [-0.1, -0.05) is 65.8 Å². The summed E-state index contributed by atoms with van der Waals surface area (Å²) in [4.78, 5) is 0. The molecule has 0 aliphatic heterocycles. The molecule has 25 heavy (non-hydrogen) atoms. The fraction of sp³-hybridized carbons (Fsp3) is 0.478. The summed E-state index contributed by atoms with van der Waals surface area (Å²) in [6.07, 6.45) is 2.73. The lowest BCUT2D eigenvalue weighted by Gasteiger charge is -2.26. The highest BCUT2D eigenvalue weighted by Crippen LogP contribution is 2.36. The zero-order valence-electron chi connectivity index (χ0n) is 16.5. The second kappa shape index (κ2) is 7.11. The zero-order chi connectivity index (χ0) is 18.8. The Kier molecular flexibility index (Phi) is 5.51. The number of hydrogen-bond donors (Lipinski definition) is 2. The van der Waals surface area contributed by atoms with Gasteiger partial charge in [-0.15, -0.1) is 0 Å². The third kappa shape index (κ3) is 4.18. The highest BCUT2D eigenvalue weighted by atomic mass is 16.3. The van der Waals surface area contributed by atoms with Crippen LogP contribution in [0.15, 0.2) is 36.4 Å². The first kappa shape index (κ1) is 19.4. The van der Waals surface area contributed by atoms with Crippen molar-refractivity contribution in [2.45, 2.75) is 71.6 Å². The van der Waals surface area contributed by atoms with E-state index < -0.39 is 0 Å². The van der Waals surface area contributed by atoms with Gasteiger partial charge in [-0.05, 0) is 64.5 Å². The van der Waals surface area contributed by atoms with Crippen molar-refractivity contribution in [3.8, 4) is 11.5 Å². The SMILES string of the molecule is CCC(C)(C)c1cc(Cc2ccc(O)c(C(C)(C)CC)c2)ccc1O. The van der Waals surface area contributed by atoms with E-state index in [9.17, 15) is 10.2 Å². The number of benzene rings is 2. The molecule has 0 amide bonds. The van der Waals surface area contributed by atoms with Gasteiger partial charge in [0.25, 0.3) is 0 Å². The van der Waals surface area contributed by atoms with Crippen molar-refractivity contribution in [1.82, 2.24) is 0 Å². The lowest BCUT2D eigenvalue weighted by Crippen LogP contribution is -2.16. The molecule has 0 aromatic heterocycles. The van der Waals surface area contributed by atoms with Gasteiger partial charge in [0, 0.05) is 0 Å². The van der Waals surface area contributed by atoms with E-state index >= 15 is 0 Å². The maximum absolute atomic E-state index is 10.3. The first-order valence-corrected chi connectivity index (χ1v) is 9.25. The van der Waals surface area contributed by atoms with Crippen LogP contribution in [0.1, 0.15) is 76.6 Å². The summed E-state index contributed by atoms with van der Waals surface area (Å²) in [6, 6.07) is 11.8. The Morgan fingerprint density at radius 2 is 1.04 bits per heavy atom. The summed E-state index contributed by atoms with van der Waals surface area (Å²) in [5.41, 5.74) is 4.26. The summed E-state index contributed by atoms with van der Waals surface area (Å²) in [6.45, 7) is 12.9. The van der Waals surface area contributed by atoms with Gasteiger partial charge in [0.05, 0.1) is 0 Å². The smallest absolute Gasteiger partial charge is 0.119 e. The third-order valence-corrected chi connectivity index (χ3v) is 5.76. The van der Waals surface area contributed by atoms with E-state index in [1.165, 1.54) is 11.1 Å². The van der Waals surface area contributed by atoms with Gasteiger partial charge in [-0.3, -0.25) is 0 Å². The van der Waals surface area contributed by atoms with Crippen LogP contribution in [0.4, 0.5) is 0 Å². The van der Waals surface area contributed by atoms with Crippen LogP contribution < -0.4 is 0 Å². The summed E-state index contributed by atoms with van der Waals surface area (Å²) in [5, 5.41) is 20.5. The summed E-state index contributed by atoms with van der Waals surface area (Å²) in [5.74, 6) is 0.739. The van der Waals surface area contributed by atoms with E-state index in [2.05, 4.69) is 53.7 Å². The maximum atomic E-state index is 10.3. The summed E-state index contributed by atoms with van der Waals surface area (Å²) < 4.78 is 0. The van der Waals surface area contributed by atoms with Crippen molar-refractivity contribution in [2.24, 2.45) is 0 Å². The highest BCUT2D eigenvalue weighted by molar-refractivity contribution is 5.45. The van der Waals surface area contributed by atoms with Gasteiger partial charge in [-0.25, -0.2) is 0 Å². The average molecular weight is 341 g/mol. The Balaban J connectivity index is 2.38. The van der Waals surface area contributed by atoms with Crippen LogP contribution in [0.2, 0.25) is 0 Å². The van der Waals surface area contributed by atoms with Crippen LogP contribution in [0.5, 0.6) is 11.5 Å². The van der Waals surface area contributed by atoms with Crippen LogP contribution in [-0.2, 0) is 17.3 Å². The average Bonchev–Trinajstić information content (AvgIpc) is 2.58.